The van der Waals surface area contributed by atoms with E-state index in [9.17, 15) is 4.79 Å². The molecule has 2 rings (SSSR count). The number of carbonyl (C=O) groups is 1. The molecule has 0 saturated heterocycles. The van der Waals surface area contributed by atoms with E-state index in [-0.39, 0.29) is 12.6 Å². The number of hydrogen-bond acceptors (Lipinski definition) is 5. The lowest BCUT2D eigenvalue weighted by Gasteiger charge is -2.13. The molecule has 0 fully saturated rings. The molecule has 2 amide bonds. The molecule has 0 bridgehead atoms. The largest absolute Gasteiger partial charge is 0.492 e. The van der Waals surface area contributed by atoms with E-state index >= 15 is 0 Å². The van der Waals surface area contributed by atoms with Crippen LogP contribution in [0.3, 0.4) is 0 Å². The van der Waals surface area contributed by atoms with Crippen LogP contribution < -0.4 is 20.3 Å². The van der Waals surface area contributed by atoms with Crippen molar-refractivity contribution < 1.29 is 9.53 Å². The van der Waals surface area contributed by atoms with Crippen LogP contribution in [0.5, 0.6) is 5.75 Å². The average Bonchev–Trinajstić information content (AvgIpc) is 2.55. The number of ether oxygens (including phenoxy) is 1. The summed E-state index contributed by atoms with van der Waals surface area (Å²) in [6.07, 6.45) is 1.67. The van der Waals surface area contributed by atoms with Gasteiger partial charge in [0.2, 0.25) is 0 Å². The molecule has 0 aliphatic heterocycles. The molecule has 0 radical (unpaired) electrons. The van der Waals surface area contributed by atoms with Crippen molar-refractivity contribution in [3.63, 3.8) is 0 Å². The van der Waals surface area contributed by atoms with Crippen LogP contribution in [0.2, 0.25) is 0 Å². The van der Waals surface area contributed by atoms with Crippen LogP contribution in [0.15, 0.2) is 36.5 Å². The Labute approximate surface area is 135 Å². The Morgan fingerprint density at radius 3 is 2.78 bits per heavy atom. The van der Waals surface area contributed by atoms with Gasteiger partial charge in [-0.1, -0.05) is 12.1 Å². The topological polar surface area (TPSA) is 79.4 Å². The summed E-state index contributed by atoms with van der Waals surface area (Å²) >= 11 is 0. The van der Waals surface area contributed by atoms with E-state index in [0.717, 1.165) is 5.82 Å². The first-order valence-corrected chi connectivity index (χ1v) is 7.36. The van der Waals surface area contributed by atoms with Crippen molar-refractivity contribution in [3.05, 3.63) is 42.4 Å². The third kappa shape index (κ3) is 4.84. The van der Waals surface area contributed by atoms with E-state index in [4.69, 9.17) is 4.74 Å². The highest BCUT2D eigenvalue weighted by Crippen LogP contribution is 2.23. The molecule has 2 aromatic rings. The number of hydrogen-bond donors (Lipinski definition) is 2. The van der Waals surface area contributed by atoms with Gasteiger partial charge in [0.1, 0.15) is 17.4 Å². The Bertz CT molecular complexity index is 660. The van der Waals surface area contributed by atoms with E-state index in [1.54, 1.807) is 12.3 Å². The lowest BCUT2D eigenvalue weighted by Crippen LogP contribution is -2.29. The van der Waals surface area contributed by atoms with E-state index in [2.05, 4.69) is 20.6 Å². The number of urea groups is 1. The molecule has 23 heavy (non-hydrogen) atoms. The van der Waals surface area contributed by atoms with Gasteiger partial charge in [0.05, 0.1) is 18.8 Å². The van der Waals surface area contributed by atoms with Crippen LogP contribution >= 0.6 is 0 Å². The Kier molecular flexibility index (Phi) is 5.74. The first-order valence-electron chi connectivity index (χ1n) is 7.36. The minimum Gasteiger partial charge on any atom is -0.492 e. The van der Waals surface area contributed by atoms with E-state index in [1.807, 2.05) is 50.2 Å². The highest BCUT2D eigenvalue weighted by atomic mass is 16.5. The van der Waals surface area contributed by atoms with Gasteiger partial charge in [0.15, 0.2) is 0 Å². The summed E-state index contributed by atoms with van der Waals surface area (Å²) in [5.41, 5.74) is 0.620. The monoisotopic (exact) mass is 315 g/mol. The van der Waals surface area contributed by atoms with E-state index in [0.29, 0.717) is 23.9 Å². The van der Waals surface area contributed by atoms with Gasteiger partial charge in [-0.25, -0.2) is 14.8 Å². The molecule has 122 valence electrons. The van der Waals surface area contributed by atoms with Gasteiger partial charge in [-0.2, -0.15) is 0 Å². The summed E-state index contributed by atoms with van der Waals surface area (Å²) in [5, 5.41) is 5.50. The fraction of sp³-hybridized carbons (Fsp3) is 0.312. The standard InChI is InChI=1S/C16H21N5O2/c1-4-23-13-8-6-5-7-12(13)19-16(22)18-11-14-17-10-9-15(20-14)21(2)3/h5-10H,4,11H2,1-3H3,(H2,18,19,22). The second kappa shape index (κ2) is 7.98. The normalized spacial score (nSPS) is 10.0. The summed E-state index contributed by atoms with van der Waals surface area (Å²) in [4.78, 5) is 22.4. The molecule has 0 saturated carbocycles. The highest BCUT2D eigenvalue weighted by Gasteiger charge is 2.08. The fourth-order valence-electron chi connectivity index (χ4n) is 1.90. The highest BCUT2D eigenvalue weighted by molar-refractivity contribution is 5.90. The maximum absolute atomic E-state index is 12.0. The summed E-state index contributed by atoms with van der Waals surface area (Å²) in [6.45, 7) is 2.67. The number of benzene rings is 1. The van der Waals surface area contributed by atoms with Crippen molar-refractivity contribution in [2.24, 2.45) is 0 Å². The van der Waals surface area contributed by atoms with E-state index < -0.39 is 0 Å². The van der Waals surface area contributed by atoms with Crippen LogP contribution in [0.1, 0.15) is 12.7 Å². The summed E-state index contributed by atoms with van der Waals surface area (Å²) < 4.78 is 5.47. The molecule has 2 N–H and O–H groups in total. The molecular formula is C16H21N5O2. The van der Waals surface area contributed by atoms with Crippen LogP contribution in [0.4, 0.5) is 16.3 Å². The van der Waals surface area contributed by atoms with Gasteiger partial charge in [-0.05, 0) is 25.1 Å². The van der Waals surface area contributed by atoms with Crippen molar-refractivity contribution in [1.29, 1.82) is 0 Å². The summed E-state index contributed by atoms with van der Waals surface area (Å²) in [6, 6.07) is 8.76. The van der Waals surface area contributed by atoms with Crippen molar-refractivity contribution >= 4 is 17.5 Å². The number of anilines is 2. The predicted octanol–water partition coefficient (Wildman–Crippen LogP) is 2.26. The zero-order chi connectivity index (χ0) is 16.7. The average molecular weight is 315 g/mol. The smallest absolute Gasteiger partial charge is 0.319 e. The third-order valence-corrected chi connectivity index (χ3v) is 2.99. The molecule has 0 aliphatic carbocycles. The number of nitrogens with zero attached hydrogens (tertiary/aromatic N) is 3. The van der Waals surface area contributed by atoms with Crippen LogP contribution in [-0.2, 0) is 6.54 Å². The molecular weight excluding hydrogens is 294 g/mol. The minimum atomic E-state index is -0.337. The van der Waals surface area contributed by atoms with Gasteiger partial charge in [-0.3, -0.25) is 0 Å². The Hall–Kier alpha value is -2.83. The van der Waals surface area contributed by atoms with Crippen LogP contribution in [-0.4, -0.2) is 36.7 Å². The predicted molar refractivity (Wildman–Crippen MR) is 89.8 cm³/mol. The number of carbonyl (C=O) groups excluding carboxylic acids is 1. The number of rotatable bonds is 6. The molecule has 0 spiro atoms. The second-order valence-electron chi connectivity index (χ2n) is 4.96. The van der Waals surface area contributed by atoms with Crippen LogP contribution in [0, 0.1) is 0 Å². The number of amides is 2. The van der Waals surface area contributed by atoms with Crippen LogP contribution in [0.25, 0.3) is 0 Å². The van der Waals surface area contributed by atoms with Crippen molar-refractivity contribution in [3.8, 4) is 5.75 Å². The van der Waals surface area contributed by atoms with Gasteiger partial charge >= 0.3 is 6.03 Å². The van der Waals surface area contributed by atoms with Gasteiger partial charge < -0.3 is 20.3 Å². The SMILES string of the molecule is CCOc1ccccc1NC(=O)NCc1nccc(N(C)C)n1. The van der Waals surface area contributed by atoms with Gasteiger partial charge in [-0.15, -0.1) is 0 Å². The Morgan fingerprint density at radius 2 is 2.04 bits per heavy atom. The minimum absolute atomic E-state index is 0.240. The summed E-state index contributed by atoms with van der Waals surface area (Å²) in [5.74, 6) is 1.97. The second-order valence-corrected chi connectivity index (χ2v) is 4.96. The van der Waals surface area contributed by atoms with E-state index in [1.165, 1.54) is 0 Å². The van der Waals surface area contributed by atoms with Gasteiger partial charge in [0.25, 0.3) is 0 Å². The Balaban J connectivity index is 1.94. The Morgan fingerprint density at radius 1 is 1.26 bits per heavy atom. The number of nitrogens with one attached hydrogen (secondary N) is 2. The molecule has 0 unspecified atom stereocenters. The molecule has 7 nitrogen and oxygen atoms in total. The van der Waals surface area contributed by atoms with Crippen molar-refractivity contribution in [2.45, 2.75) is 13.5 Å². The first-order chi connectivity index (χ1) is 11.1. The third-order valence-electron chi connectivity index (χ3n) is 2.99. The zero-order valence-electron chi connectivity index (χ0n) is 13.5. The molecule has 1 aromatic carbocycles. The quantitative estimate of drug-likeness (QED) is 0.855. The number of para-hydroxylation sites is 2. The van der Waals surface area contributed by atoms with Crippen molar-refractivity contribution in [2.75, 3.05) is 30.9 Å². The molecule has 1 aromatic heterocycles. The lowest BCUT2D eigenvalue weighted by atomic mass is 10.3. The lowest BCUT2D eigenvalue weighted by molar-refractivity contribution is 0.251. The maximum Gasteiger partial charge on any atom is 0.319 e. The van der Waals surface area contributed by atoms with Gasteiger partial charge in [0, 0.05) is 20.3 Å². The maximum atomic E-state index is 12.0. The number of aromatic nitrogens is 2. The zero-order valence-corrected chi connectivity index (χ0v) is 13.5. The first kappa shape index (κ1) is 16.5. The molecule has 7 heteroatoms. The molecule has 1 heterocycles. The molecule has 0 aliphatic rings. The fourth-order valence-corrected chi connectivity index (χ4v) is 1.90. The van der Waals surface area contributed by atoms with Crippen molar-refractivity contribution in [1.82, 2.24) is 15.3 Å². The summed E-state index contributed by atoms with van der Waals surface area (Å²) in [7, 11) is 3.80. The molecule has 0 atom stereocenters.